The van der Waals surface area contributed by atoms with E-state index in [4.69, 9.17) is 4.74 Å². The summed E-state index contributed by atoms with van der Waals surface area (Å²) in [5, 5.41) is 5.19. The molecule has 0 radical (unpaired) electrons. The third-order valence-corrected chi connectivity index (χ3v) is 5.48. The summed E-state index contributed by atoms with van der Waals surface area (Å²) >= 11 is 0. The van der Waals surface area contributed by atoms with E-state index in [1.54, 1.807) is 13.8 Å². The van der Waals surface area contributed by atoms with Gasteiger partial charge < -0.3 is 15.4 Å². The minimum Gasteiger partial charge on any atom is -0.377 e. The van der Waals surface area contributed by atoms with Crippen LogP contribution in [0.3, 0.4) is 0 Å². The molecule has 0 spiro atoms. The van der Waals surface area contributed by atoms with Crippen molar-refractivity contribution in [2.24, 2.45) is 0 Å². The second kappa shape index (κ2) is 9.11. The lowest BCUT2D eigenvalue weighted by molar-refractivity contribution is -0.122. The summed E-state index contributed by atoms with van der Waals surface area (Å²) in [6.07, 6.45) is 1.68. The first-order valence-electron chi connectivity index (χ1n) is 8.63. The van der Waals surface area contributed by atoms with Crippen molar-refractivity contribution in [2.75, 3.05) is 19.7 Å². The molecule has 0 saturated carbocycles. The standard InChI is InChI=1S/C17H25N3O5S/c1-3-18-16(21)12(2)20-17(22)13-6-8-15(9-7-13)26(23,24)19-11-14-5-4-10-25-14/h6-9,12,14,19H,3-5,10-11H2,1-2H3,(H,18,21)(H,20,22)/t12-,14-/m0/s1. The largest absolute Gasteiger partial charge is 0.377 e. The van der Waals surface area contributed by atoms with E-state index in [0.717, 1.165) is 12.8 Å². The van der Waals surface area contributed by atoms with Gasteiger partial charge in [-0.3, -0.25) is 9.59 Å². The van der Waals surface area contributed by atoms with Gasteiger partial charge in [0.25, 0.3) is 5.91 Å². The van der Waals surface area contributed by atoms with Crippen molar-refractivity contribution in [1.29, 1.82) is 0 Å². The smallest absolute Gasteiger partial charge is 0.251 e. The molecular weight excluding hydrogens is 358 g/mol. The number of likely N-dealkylation sites (N-methyl/N-ethyl adjacent to an activating group) is 1. The molecule has 1 aliphatic heterocycles. The Hall–Kier alpha value is -1.97. The minimum atomic E-state index is -3.66. The molecule has 1 aromatic rings. The Bertz CT molecular complexity index is 727. The summed E-state index contributed by atoms with van der Waals surface area (Å²) in [6, 6.07) is 4.88. The summed E-state index contributed by atoms with van der Waals surface area (Å²) < 4.78 is 32.5. The van der Waals surface area contributed by atoms with Gasteiger partial charge in [-0.15, -0.1) is 0 Å². The second-order valence-corrected chi connectivity index (χ2v) is 7.87. The average Bonchev–Trinajstić information content (AvgIpc) is 3.14. The first kappa shape index (κ1) is 20.3. The summed E-state index contributed by atoms with van der Waals surface area (Å²) in [6.45, 7) is 4.74. The van der Waals surface area contributed by atoms with Gasteiger partial charge >= 0.3 is 0 Å². The van der Waals surface area contributed by atoms with Crippen LogP contribution in [0.4, 0.5) is 0 Å². The fourth-order valence-electron chi connectivity index (χ4n) is 2.55. The van der Waals surface area contributed by atoms with Crippen LogP contribution in [-0.4, -0.2) is 52.1 Å². The Morgan fingerprint density at radius 3 is 2.54 bits per heavy atom. The minimum absolute atomic E-state index is 0.0730. The monoisotopic (exact) mass is 383 g/mol. The number of benzene rings is 1. The molecule has 2 atom stereocenters. The molecule has 0 aromatic heterocycles. The lowest BCUT2D eigenvalue weighted by Gasteiger charge is -2.14. The molecule has 3 N–H and O–H groups in total. The Morgan fingerprint density at radius 1 is 1.27 bits per heavy atom. The van der Waals surface area contributed by atoms with E-state index in [1.807, 2.05) is 0 Å². The van der Waals surface area contributed by atoms with Gasteiger partial charge in [-0.25, -0.2) is 13.1 Å². The number of sulfonamides is 1. The van der Waals surface area contributed by atoms with Crippen molar-refractivity contribution in [3.05, 3.63) is 29.8 Å². The molecular formula is C17H25N3O5S. The van der Waals surface area contributed by atoms with Crippen molar-refractivity contribution in [1.82, 2.24) is 15.4 Å². The molecule has 26 heavy (non-hydrogen) atoms. The molecule has 1 aliphatic rings. The zero-order valence-corrected chi connectivity index (χ0v) is 15.8. The van der Waals surface area contributed by atoms with Crippen molar-refractivity contribution in [3.63, 3.8) is 0 Å². The molecule has 1 saturated heterocycles. The van der Waals surface area contributed by atoms with Gasteiger partial charge in [0.1, 0.15) is 6.04 Å². The molecule has 0 aliphatic carbocycles. The maximum Gasteiger partial charge on any atom is 0.251 e. The highest BCUT2D eigenvalue weighted by atomic mass is 32.2. The maximum absolute atomic E-state index is 12.3. The molecule has 1 aromatic carbocycles. The number of amides is 2. The van der Waals surface area contributed by atoms with Gasteiger partial charge in [0.05, 0.1) is 11.0 Å². The Balaban J connectivity index is 1.95. The SMILES string of the molecule is CCNC(=O)[C@H](C)NC(=O)c1ccc(S(=O)(=O)NC[C@@H]2CCCO2)cc1. The van der Waals surface area contributed by atoms with Crippen LogP contribution in [0.25, 0.3) is 0 Å². The van der Waals surface area contributed by atoms with Crippen molar-refractivity contribution in [2.45, 2.75) is 43.7 Å². The van der Waals surface area contributed by atoms with Crippen molar-refractivity contribution >= 4 is 21.8 Å². The van der Waals surface area contributed by atoms with E-state index >= 15 is 0 Å². The summed E-state index contributed by atoms with van der Waals surface area (Å²) in [4.78, 5) is 23.9. The Labute approximate surface area is 153 Å². The highest BCUT2D eigenvalue weighted by Gasteiger charge is 2.21. The van der Waals surface area contributed by atoms with Crippen LogP contribution in [0.1, 0.15) is 37.0 Å². The van der Waals surface area contributed by atoms with E-state index in [1.165, 1.54) is 24.3 Å². The topological polar surface area (TPSA) is 114 Å². The number of nitrogens with one attached hydrogen (secondary N) is 3. The first-order valence-corrected chi connectivity index (χ1v) is 10.1. The van der Waals surface area contributed by atoms with Crippen LogP contribution >= 0.6 is 0 Å². The molecule has 2 rings (SSSR count). The van der Waals surface area contributed by atoms with Gasteiger partial charge in [0, 0.05) is 25.3 Å². The van der Waals surface area contributed by atoms with Crippen LogP contribution < -0.4 is 15.4 Å². The molecule has 0 bridgehead atoms. The first-order chi connectivity index (χ1) is 12.3. The lowest BCUT2D eigenvalue weighted by atomic mass is 10.2. The molecule has 144 valence electrons. The molecule has 1 fully saturated rings. The second-order valence-electron chi connectivity index (χ2n) is 6.10. The van der Waals surface area contributed by atoms with E-state index in [9.17, 15) is 18.0 Å². The van der Waals surface area contributed by atoms with E-state index < -0.39 is 22.0 Å². The van der Waals surface area contributed by atoms with Crippen LogP contribution in [0, 0.1) is 0 Å². The molecule has 2 amide bonds. The van der Waals surface area contributed by atoms with Crippen molar-refractivity contribution < 1.29 is 22.7 Å². The van der Waals surface area contributed by atoms with Gasteiger partial charge in [-0.1, -0.05) is 0 Å². The lowest BCUT2D eigenvalue weighted by Crippen LogP contribution is -2.44. The van der Waals surface area contributed by atoms with E-state index in [-0.39, 0.29) is 29.0 Å². The maximum atomic E-state index is 12.3. The summed E-state index contributed by atoms with van der Waals surface area (Å²) in [5.41, 5.74) is 0.277. The van der Waals surface area contributed by atoms with E-state index in [0.29, 0.717) is 13.2 Å². The number of carbonyl (C=O) groups excluding carboxylic acids is 2. The zero-order chi connectivity index (χ0) is 19.2. The Kier molecular flexibility index (Phi) is 7.13. The average molecular weight is 383 g/mol. The molecule has 9 heteroatoms. The highest BCUT2D eigenvalue weighted by Crippen LogP contribution is 2.14. The highest BCUT2D eigenvalue weighted by molar-refractivity contribution is 7.89. The number of hydrogen-bond acceptors (Lipinski definition) is 5. The number of rotatable bonds is 8. The van der Waals surface area contributed by atoms with Gasteiger partial charge in [-0.05, 0) is 51.0 Å². The van der Waals surface area contributed by atoms with Crippen molar-refractivity contribution in [3.8, 4) is 0 Å². The summed E-state index contributed by atoms with van der Waals surface area (Å²) in [5.74, 6) is -0.724. The van der Waals surface area contributed by atoms with Crippen LogP contribution in [0.2, 0.25) is 0 Å². The predicted octanol–water partition coefficient (Wildman–Crippen LogP) is 0.398. The zero-order valence-electron chi connectivity index (χ0n) is 14.9. The fraction of sp³-hybridized carbons (Fsp3) is 0.529. The van der Waals surface area contributed by atoms with Gasteiger partial charge in [0.2, 0.25) is 15.9 Å². The molecule has 1 heterocycles. The predicted molar refractivity (Wildman–Crippen MR) is 96.2 cm³/mol. The molecule has 0 unspecified atom stereocenters. The third kappa shape index (κ3) is 5.52. The van der Waals surface area contributed by atoms with Crippen LogP contribution in [0.5, 0.6) is 0 Å². The number of carbonyl (C=O) groups is 2. The van der Waals surface area contributed by atoms with Gasteiger partial charge in [-0.2, -0.15) is 0 Å². The summed E-state index contributed by atoms with van der Waals surface area (Å²) in [7, 11) is -3.66. The normalized spacial score (nSPS) is 18.3. The molecule has 8 nitrogen and oxygen atoms in total. The van der Waals surface area contributed by atoms with Crippen LogP contribution in [-0.2, 0) is 19.6 Å². The Morgan fingerprint density at radius 2 is 1.96 bits per heavy atom. The number of ether oxygens (including phenoxy) is 1. The van der Waals surface area contributed by atoms with Crippen LogP contribution in [0.15, 0.2) is 29.2 Å². The third-order valence-electron chi connectivity index (χ3n) is 4.04. The van der Waals surface area contributed by atoms with E-state index in [2.05, 4.69) is 15.4 Å². The number of hydrogen-bond donors (Lipinski definition) is 3. The quantitative estimate of drug-likeness (QED) is 0.601. The fourth-order valence-corrected chi connectivity index (χ4v) is 3.62. The van der Waals surface area contributed by atoms with Gasteiger partial charge in [0.15, 0.2) is 0 Å².